The van der Waals surface area contributed by atoms with Crippen molar-refractivity contribution in [3.8, 4) is 33.6 Å². The van der Waals surface area contributed by atoms with E-state index in [1.165, 1.54) is 0 Å². The summed E-state index contributed by atoms with van der Waals surface area (Å²) in [7, 11) is 3.65. The molecule has 4 heterocycles. The Morgan fingerprint density at radius 3 is 1.45 bits per heavy atom. The van der Waals surface area contributed by atoms with E-state index < -0.39 is 0 Å². The summed E-state index contributed by atoms with van der Waals surface area (Å²) in [6.45, 7) is 3.32. The standard InChI is InChI=1S/C34H42N8O2/c1-35-27(21-43)19-41-15-3-5-31(41)33-37-17-29(39-33)25-11-7-23(8-12-25)24-9-13-26(14-10-24)30-18-38-34(40-30)32-6-4-16-42(32)20-28(22-44)36-2/h7-14,17-18,21-22,27-28,31-32,35-36H,3-6,15-16,19-20H2,1-2H3,(H,37,39)(H,38,40)/t27?,28?,31-,32-/m0/s1. The molecule has 4 N–H and O–H groups in total. The average Bonchev–Trinajstić information content (AvgIpc) is 3.89. The van der Waals surface area contributed by atoms with Gasteiger partial charge in [-0.1, -0.05) is 48.5 Å². The molecule has 0 spiro atoms. The van der Waals surface area contributed by atoms with Crippen LogP contribution in [0.25, 0.3) is 33.6 Å². The summed E-state index contributed by atoms with van der Waals surface area (Å²) in [6.07, 6.45) is 10.1. The summed E-state index contributed by atoms with van der Waals surface area (Å²) in [5.74, 6) is 1.92. The van der Waals surface area contributed by atoms with Crippen LogP contribution in [0.15, 0.2) is 60.9 Å². The van der Waals surface area contributed by atoms with Crippen molar-refractivity contribution in [1.29, 1.82) is 0 Å². The number of imidazole rings is 2. The Morgan fingerprint density at radius 2 is 1.09 bits per heavy atom. The molecule has 4 aromatic rings. The molecular formula is C34H42N8O2. The molecule has 6 rings (SSSR count). The van der Waals surface area contributed by atoms with Gasteiger partial charge in [-0.25, -0.2) is 9.97 Å². The Labute approximate surface area is 258 Å². The number of nitrogens with zero attached hydrogens (tertiary/aromatic N) is 4. The Bertz CT molecular complexity index is 1410. The summed E-state index contributed by atoms with van der Waals surface area (Å²) in [5.41, 5.74) is 6.48. The number of nitrogens with one attached hydrogen (secondary N) is 4. The van der Waals surface area contributed by atoms with E-state index in [-0.39, 0.29) is 24.2 Å². The fourth-order valence-electron chi connectivity index (χ4n) is 6.61. The Kier molecular flexibility index (Phi) is 9.42. The first-order valence-corrected chi connectivity index (χ1v) is 15.6. The number of carbonyl (C=O) groups is 2. The van der Waals surface area contributed by atoms with Crippen molar-refractivity contribution in [2.75, 3.05) is 40.3 Å². The van der Waals surface area contributed by atoms with Crippen molar-refractivity contribution < 1.29 is 9.59 Å². The maximum absolute atomic E-state index is 11.3. The van der Waals surface area contributed by atoms with Crippen LogP contribution in [0.5, 0.6) is 0 Å². The van der Waals surface area contributed by atoms with Crippen LogP contribution in [0.4, 0.5) is 0 Å². The predicted octanol–water partition coefficient (Wildman–Crippen LogP) is 3.98. The zero-order chi connectivity index (χ0) is 30.5. The molecule has 4 atom stereocenters. The number of rotatable bonds is 13. The molecule has 2 fully saturated rings. The fourth-order valence-corrected chi connectivity index (χ4v) is 6.61. The van der Waals surface area contributed by atoms with Gasteiger partial charge in [0.05, 0.1) is 47.9 Å². The largest absolute Gasteiger partial charge is 0.341 e. The lowest BCUT2D eigenvalue weighted by molar-refractivity contribution is -0.110. The topological polar surface area (TPSA) is 122 Å². The van der Waals surface area contributed by atoms with Crippen molar-refractivity contribution in [3.63, 3.8) is 0 Å². The molecule has 2 aromatic carbocycles. The van der Waals surface area contributed by atoms with E-state index in [9.17, 15) is 9.59 Å². The van der Waals surface area contributed by atoms with E-state index >= 15 is 0 Å². The second-order valence-electron chi connectivity index (χ2n) is 11.9. The van der Waals surface area contributed by atoms with Crippen LogP contribution in [0, 0.1) is 0 Å². The van der Waals surface area contributed by atoms with E-state index in [0.717, 1.165) is 96.6 Å². The summed E-state index contributed by atoms with van der Waals surface area (Å²) in [5, 5.41) is 6.15. The molecule has 0 radical (unpaired) electrons. The van der Waals surface area contributed by atoms with Crippen LogP contribution in [-0.4, -0.2) is 94.7 Å². The van der Waals surface area contributed by atoms with Crippen LogP contribution >= 0.6 is 0 Å². The number of aromatic amines is 2. The minimum atomic E-state index is -0.168. The Hall–Kier alpha value is -3.96. The zero-order valence-corrected chi connectivity index (χ0v) is 25.5. The minimum Gasteiger partial charge on any atom is -0.341 e. The van der Waals surface area contributed by atoms with E-state index in [2.05, 4.69) is 78.9 Å². The lowest BCUT2D eigenvalue weighted by atomic mass is 10.0. The molecule has 0 saturated carbocycles. The van der Waals surface area contributed by atoms with Crippen LogP contribution in [0.3, 0.4) is 0 Å². The van der Waals surface area contributed by atoms with Gasteiger partial charge in [0, 0.05) is 13.1 Å². The van der Waals surface area contributed by atoms with Gasteiger partial charge < -0.3 is 30.2 Å². The molecule has 0 bridgehead atoms. The third-order valence-electron chi connectivity index (χ3n) is 9.21. The quantitative estimate of drug-likeness (QED) is 0.172. The van der Waals surface area contributed by atoms with Gasteiger partial charge in [0.1, 0.15) is 24.2 Å². The maximum atomic E-state index is 11.3. The molecule has 230 valence electrons. The lowest BCUT2D eigenvalue weighted by Gasteiger charge is -2.25. The first-order valence-electron chi connectivity index (χ1n) is 15.6. The Morgan fingerprint density at radius 1 is 0.705 bits per heavy atom. The van der Waals surface area contributed by atoms with Crippen molar-refractivity contribution >= 4 is 12.6 Å². The smallest absolute Gasteiger partial charge is 0.138 e. The van der Waals surface area contributed by atoms with Crippen molar-refractivity contribution in [2.45, 2.75) is 49.9 Å². The third kappa shape index (κ3) is 6.44. The van der Waals surface area contributed by atoms with Crippen LogP contribution in [0.2, 0.25) is 0 Å². The third-order valence-corrected chi connectivity index (χ3v) is 9.21. The molecule has 2 aliphatic rings. The van der Waals surface area contributed by atoms with Gasteiger partial charge in [0.15, 0.2) is 0 Å². The predicted molar refractivity (Wildman–Crippen MR) is 172 cm³/mol. The average molecular weight is 595 g/mol. The van der Waals surface area contributed by atoms with Gasteiger partial charge in [-0.3, -0.25) is 9.80 Å². The molecule has 2 aromatic heterocycles. The molecule has 44 heavy (non-hydrogen) atoms. The SMILES string of the molecule is CNC(C=O)CN1CCC[C@H]1c1ncc(-c2ccc(-c3ccc(-c4cnc([C@@H]5CCCN5CC(C=O)NC)[nH]4)cc3)cc2)[nH]1. The number of H-pyrrole nitrogens is 2. The van der Waals surface area contributed by atoms with Gasteiger partial charge in [-0.05, 0) is 75.1 Å². The summed E-state index contributed by atoms with van der Waals surface area (Å²) < 4.78 is 0. The number of likely N-dealkylation sites (tertiary alicyclic amines) is 2. The van der Waals surface area contributed by atoms with Gasteiger partial charge in [-0.2, -0.15) is 0 Å². The molecule has 2 unspecified atom stereocenters. The van der Waals surface area contributed by atoms with Crippen molar-refractivity contribution in [1.82, 2.24) is 40.4 Å². The van der Waals surface area contributed by atoms with Gasteiger partial charge in [-0.15, -0.1) is 0 Å². The number of carbonyl (C=O) groups excluding carboxylic acids is 2. The first kappa shape index (κ1) is 30.1. The first-order chi connectivity index (χ1) is 21.6. The highest BCUT2D eigenvalue weighted by atomic mass is 16.1. The van der Waals surface area contributed by atoms with Crippen LogP contribution < -0.4 is 10.6 Å². The van der Waals surface area contributed by atoms with E-state index in [1.807, 2.05) is 26.5 Å². The van der Waals surface area contributed by atoms with Crippen LogP contribution in [-0.2, 0) is 9.59 Å². The number of aldehydes is 2. The molecule has 2 aliphatic heterocycles. The second kappa shape index (κ2) is 13.8. The summed E-state index contributed by atoms with van der Waals surface area (Å²) in [4.78, 5) is 43.9. The molecule has 10 heteroatoms. The fraction of sp³-hybridized carbons (Fsp3) is 0.412. The number of aromatic nitrogens is 4. The number of likely N-dealkylation sites (N-methyl/N-ethyl adjacent to an activating group) is 2. The lowest BCUT2D eigenvalue weighted by Crippen LogP contribution is -2.40. The highest BCUT2D eigenvalue weighted by Crippen LogP contribution is 2.34. The Balaban J connectivity index is 1.10. The normalized spacial score (nSPS) is 20.6. The monoisotopic (exact) mass is 594 g/mol. The van der Waals surface area contributed by atoms with Gasteiger partial charge in [0.25, 0.3) is 0 Å². The van der Waals surface area contributed by atoms with Gasteiger partial charge in [0.2, 0.25) is 0 Å². The van der Waals surface area contributed by atoms with Gasteiger partial charge >= 0.3 is 0 Å². The zero-order valence-electron chi connectivity index (χ0n) is 25.5. The molecule has 10 nitrogen and oxygen atoms in total. The molecule has 0 aliphatic carbocycles. The van der Waals surface area contributed by atoms with E-state index in [1.54, 1.807) is 0 Å². The highest BCUT2D eigenvalue weighted by molar-refractivity contribution is 5.71. The molecule has 0 amide bonds. The number of benzene rings is 2. The second-order valence-corrected chi connectivity index (χ2v) is 11.9. The van der Waals surface area contributed by atoms with E-state index in [4.69, 9.17) is 9.97 Å². The summed E-state index contributed by atoms with van der Waals surface area (Å²) >= 11 is 0. The van der Waals surface area contributed by atoms with E-state index in [0.29, 0.717) is 13.1 Å². The van der Waals surface area contributed by atoms with Crippen molar-refractivity contribution in [3.05, 3.63) is 72.6 Å². The maximum Gasteiger partial charge on any atom is 0.138 e. The number of hydrogen-bond acceptors (Lipinski definition) is 8. The van der Waals surface area contributed by atoms with Crippen LogP contribution in [0.1, 0.15) is 49.4 Å². The highest BCUT2D eigenvalue weighted by Gasteiger charge is 2.31. The van der Waals surface area contributed by atoms with Crippen molar-refractivity contribution in [2.24, 2.45) is 0 Å². The number of hydrogen-bond donors (Lipinski definition) is 4. The molecular weight excluding hydrogens is 552 g/mol. The molecule has 2 saturated heterocycles. The minimum absolute atomic E-state index is 0.168. The summed E-state index contributed by atoms with van der Waals surface area (Å²) in [6, 6.07) is 17.2.